The Morgan fingerprint density at radius 3 is 2.43 bits per heavy atom. The van der Waals surface area contributed by atoms with Crippen LogP contribution >= 0.6 is 0 Å². The van der Waals surface area contributed by atoms with E-state index in [-0.39, 0.29) is 17.8 Å². The Labute approximate surface area is 80.0 Å². The van der Waals surface area contributed by atoms with Crippen LogP contribution in [0.1, 0.15) is 6.92 Å². The van der Waals surface area contributed by atoms with Gasteiger partial charge in [0, 0.05) is 13.0 Å². The van der Waals surface area contributed by atoms with E-state index in [9.17, 15) is 13.2 Å². The predicted octanol–water partition coefficient (Wildman–Crippen LogP) is 2.63. The number of rotatable bonds is 2. The van der Waals surface area contributed by atoms with E-state index in [4.69, 9.17) is 4.74 Å². The smallest absolute Gasteiger partial charge is 0.406 e. The molecule has 5 heteroatoms. The van der Waals surface area contributed by atoms with E-state index in [1.165, 1.54) is 19.3 Å². The van der Waals surface area contributed by atoms with Crippen molar-refractivity contribution in [1.29, 1.82) is 0 Å². The van der Waals surface area contributed by atoms with Gasteiger partial charge in [-0.25, -0.2) is 0 Å². The molecule has 0 aromatic carbocycles. The molecule has 0 spiro atoms. The van der Waals surface area contributed by atoms with Crippen LogP contribution in [0, 0.1) is 5.92 Å². The Kier molecular flexibility index (Phi) is 3.21. The molecule has 1 rings (SSSR count). The Bertz CT molecular complexity index is 255. The van der Waals surface area contributed by atoms with Crippen molar-refractivity contribution in [2.45, 2.75) is 19.4 Å². The fraction of sp³-hybridized carbons (Fsp3) is 0.556. The van der Waals surface area contributed by atoms with E-state index >= 15 is 0 Å². The number of ether oxygens (including phenoxy) is 2. The highest BCUT2D eigenvalue weighted by atomic mass is 19.4. The molecule has 0 N–H and O–H groups in total. The SMILES string of the molecule is COC1C=CC(OC(F)(F)F)=CC1C. The van der Waals surface area contributed by atoms with Crippen LogP contribution in [0.25, 0.3) is 0 Å². The molecule has 0 fully saturated rings. The number of methoxy groups -OCH3 is 1. The minimum atomic E-state index is -4.63. The average molecular weight is 208 g/mol. The van der Waals surface area contributed by atoms with Crippen molar-refractivity contribution in [3.63, 3.8) is 0 Å². The van der Waals surface area contributed by atoms with Crippen molar-refractivity contribution in [2.75, 3.05) is 7.11 Å². The Morgan fingerprint density at radius 1 is 1.36 bits per heavy atom. The minimum absolute atomic E-state index is 0.123. The van der Waals surface area contributed by atoms with Gasteiger partial charge in [-0.2, -0.15) is 0 Å². The molecule has 1 aliphatic rings. The molecule has 0 aromatic rings. The van der Waals surface area contributed by atoms with Gasteiger partial charge in [-0.05, 0) is 12.2 Å². The molecular weight excluding hydrogens is 197 g/mol. The lowest BCUT2D eigenvalue weighted by molar-refractivity contribution is -0.303. The van der Waals surface area contributed by atoms with Crippen LogP contribution in [0.15, 0.2) is 24.0 Å². The van der Waals surface area contributed by atoms with Crippen LogP contribution in [0.2, 0.25) is 0 Å². The van der Waals surface area contributed by atoms with Crippen LogP contribution in [-0.2, 0) is 9.47 Å². The molecule has 0 bridgehead atoms. The molecule has 80 valence electrons. The Balaban J connectivity index is 2.63. The van der Waals surface area contributed by atoms with Gasteiger partial charge in [-0.1, -0.05) is 13.0 Å². The van der Waals surface area contributed by atoms with Gasteiger partial charge in [0.1, 0.15) is 5.76 Å². The van der Waals surface area contributed by atoms with E-state index in [2.05, 4.69) is 4.74 Å². The highest BCUT2D eigenvalue weighted by Crippen LogP contribution is 2.26. The largest absolute Gasteiger partial charge is 0.573 e. The number of alkyl halides is 3. The fourth-order valence-electron chi connectivity index (χ4n) is 1.27. The summed E-state index contributed by atoms with van der Waals surface area (Å²) in [6, 6.07) is 0. The summed E-state index contributed by atoms with van der Waals surface area (Å²) in [6.45, 7) is 1.76. The molecular formula is C9H11F3O2. The summed E-state index contributed by atoms with van der Waals surface area (Å²) in [7, 11) is 1.51. The van der Waals surface area contributed by atoms with Crippen LogP contribution in [-0.4, -0.2) is 19.6 Å². The van der Waals surface area contributed by atoms with Gasteiger partial charge in [-0.15, -0.1) is 13.2 Å². The van der Waals surface area contributed by atoms with E-state index in [0.29, 0.717) is 0 Å². The van der Waals surface area contributed by atoms with Crippen molar-refractivity contribution in [3.05, 3.63) is 24.0 Å². The highest BCUT2D eigenvalue weighted by molar-refractivity contribution is 5.21. The van der Waals surface area contributed by atoms with Crippen molar-refractivity contribution >= 4 is 0 Å². The van der Waals surface area contributed by atoms with Crippen LogP contribution in [0.5, 0.6) is 0 Å². The summed E-state index contributed by atoms with van der Waals surface area (Å²) in [4.78, 5) is 0. The average Bonchev–Trinajstić information content (AvgIpc) is 2.01. The first-order valence-electron chi connectivity index (χ1n) is 4.11. The molecule has 0 radical (unpaired) electrons. The lowest BCUT2D eigenvalue weighted by Gasteiger charge is -2.21. The topological polar surface area (TPSA) is 18.5 Å². The molecule has 14 heavy (non-hydrogen) atoms. The molecule has 0 saturated carbocycles. The second-order valence-electron chi connectivity index (χ2n) is 3.04. The van der Waals surface area contributed by atoms with Gasteiger partial charge in [0.15, 0.2) is 0 Å². The molecule has 0 amide bonds. The van der Waals surface area contributed by atoms with Crippen LogP contribution in [0.3, 0.4) is 0 Å². The third-order valence-corrected chi connectivity index (χ3v) is 1.90. The van der Waals surface area contributed by atoms with Gasteiger partial charge >= 0.3 is 6.36 Å². The van der Waals surface area contributed by atoms with Crippen molar-refractivity contribution in [3.8, 4) is 0 Å². The second-order valence-corrected chi connectivity index (χ2v) is 3.04. The maximum atomic E-state index is 11.8. The molecule has 0 saturated heterocycles. The van der Waals surface area contributed by atoms with Gasteiger partial charge in [-0.3, -0.25) is 0 Å². The summed E-state index contributed by atoms with van der Waals surface area (Å²) in [5.74, 6) is -0.305. The highest BCUT2D eigenvalue weighted by Gasteiger charge is 2.32. The van der Waals surface area contributed by atoms with Gasteiger partial charge in [0.25, 0.3) is 0 Å². The van der Waals surface area contributed by atoms with E-state index in [1.807, 2.05) is 0 Å². The maximum Gasteiger partial charge on any atom is 0.573 e. The van der Waals surface area contributed by atoms with E-state index in [0.717, 1.165) is 0 Å². The summed E-state index contributed by atoms with van der Waals surface area (Å²) >= 11 is 0. The van der Waals surface area contributed by atoms with Crippen molar-refractivity contribution in [1.82, 2.24) is 0 Å². The van der Waals surface area contributed by atoms with Gasteiger partial charge < -0.3 is 9.47 Å². The molecule has 1 aliphatic carbocycles. The number of hydrogen-bond donors (Lipinski definition) is 0. The van der Waals surface area contributed by atoms with Gasteiger partial charge in [0.2, 0.25) is 0 Å². The number of allylic oxidation sites excluding steroid dienone is 1. The van der Waals surface area contributed by atoms with Crippen LogP contribution < -0.4 is 0 Å². The summed E-state index contributed by atoms with van der Waals surface area (Å²) in [5, 5.41) is 0. The van der Waals surface area contributed by atoms with E-state index < -0.39 is 6.36 Å². The zero-order chi connectivity index (χ0) is 10.8. The standard InChI is InChI=1S/C9H11F3O2/c1-6-5-7(14-9(10,11)12)3-4-8(6)13-2/h3-6,8H,1-2H3. The second kappa shape index (κ2) is 4.04. The fourth-order valence-corrected chi connectivity index (χ4v) is 1.27. The Hall–Kier alpha value is -0.970. The molecule has 0 aliphatic heterocycles. The third-order valence-electron chi connectivity index (χ3n) is 1.90. The predicted molar refractivity (Wildman–Crippen MR) is 44.3 cm³/mol. The number of halogens is 3. The third kappa shape index (κ3) is 3.06. The zero-order valence-electron chi connectivity index (χ0n) is 7.84. The summed E-state index contributed by atoms with van der Waals surface area (Å²) in [5.41, 5.74) is 0. The molecule has 2 atom stereocenters. The first-order valence-corrected chi connectivity index (χ1v) is 4.11. The molecule has 0 heterocycles. The number of hydrogen-bond acceptors (Lipinski definition) is 2. The lowest BCUT2D eigenvalue weighted by Crippen LogP contribution is -2.21. The monoisotopic (exact) mass is 208 g/mol. The quantitative estimate of drug-likeness (QED) is 0.694. The Morgan fingerprint density at radius 2 is 2.00 bits per heavy atom. The van der Waals surface area contributed by atoms with Crippen molar-refractivity contribution in [2.24, 2.45) is 5.92 Å². The lowest BCUT2D eigenvalue weighted by atomic mass is 9.99. The zero-order valence-corrected chi connectivity index (χ0v) is 7.84. The minimum Gasteiger partial charge on any atom is -0.406 e. The first kappa shape index (κ1) is 11.1. The molecule has 0 aromatic heterocycles. The summed E-state index contributed by atoms with van der Waals surface area (Å²) in [6.07, 6.45) is -0.610. The van der Waals surface area contributed by atoms with Crippen molar-refractivity contribution < 1.29 is 22.6 Å². The van der Waals surface area contributed by atoms with Gasteiger partial charge in [0.05, 0.1) is 6.10 Å². The van der Waals surface area contributed by atoms with Crippen LogP contribution in [0.4, 0.5) is 13.2 Å². The molecule has 2 nitrogen and oxygen atoms in total. The summed E-state index contributed by atoms with van der Waals surface area (Å²) < 4.78 is 44.2. The first-order chi connectivity index (χ1) is 6.42. The molecule has 2 unspecified atom stereocenters. The van der Waals surface area contributed by atoms with E-state index in [1.54, 1.807) is 13.0 Å². The maximum absolute atomic E-state index is 11.8. The normalized spacial score (nSPS) is 27.4.